The summed E-state index contributed by atoms with van der Waals surface area (Å²) in [6.45, 7) is 4.17. The van der Waals surface area contributed by atoms with Crippen LogP contribution in [0, 0.1) is 4.91 Å². The van der Waals surface area contributed by atoms with Gasteiger partial charge < -0.3 is 0 Å². The van der Waals surface area contributed by atoms with Crippen molar-refractivity contribution in [2.24, 2.45) is 5.18 Å². The van der Waals surface area contributed by atoms with Gasteiger partial charge in [-0.3, -0.25) is 0 Å². The first-order valence-electron chi connectivity index (χ1n) is 4.32. The van der Waals surface area contributed by atoms with Crippen LogP contribution in [0.5, 0.6) is 0 Å². The molecule has 0 aliphatic carbocycles. The largest absolute Gasteiger partial charge is 0.173 e. The normalized spacial score (nSPS) is 11.1. The number of nitroso groups, excluding NO2 is 1. The quantitative estimate of drug-likeness (QED) is 0.710. The summed E-state index contributed by atoms with van der Waals surface area (Å²) >= 11 is 1.12. The molecule has 0 saturated carbocycles. The van der Waals surface area contributed by atoms with E-state index in [0.29, 0.717) is 17.1 Å². The van der Waals surface area contributed by atoms with E-state index in [0.717, 1.165) is 22.8 Å². The lowest BCUT2D eigenvalue weighted by Gasteiger charge is -2.04. The average molecular weight is 207 g/mol. The van der Waals surface area contributed by atoms with E-state index in [-0.39, 0.29) is 0 Å². The average Bonchev–Trinajstić information content (AvgIpc) is 2.64. The summed E-state index contributed by atoms with van der Waals surface area (Å²) in [7, 11) is 0. The molecule has 1 aromatic heterocycles. The minimum Gasteiger partial charge on any atom is -0.173 e. The second-order valence-corrected chi connectivity index (χ2v) is 3.91. The molecular weight excluding hydrogens is 198 g/mol. The van der Waals surface area contributed by atoms with Crippen molar-refractivity contribution in [2.75, 3.05) is 0 Å². The predicted octanol–water partition coefficient (Wildman–Crippen LogP) is 3.21. The van der Waals surface area contributed by atoms with E-state index in [1.165, 1.54) is 0 Å². The number of hydrogen-bond donors (Lipinski definition) is 0. The lowest BCUT2D eigenvalue weighted by atomic mass is 10.0. The molecule has 14 heavy (non-hydrogen) atoms. The summed E-state index contributed by atoms with van der Waals surface area (Å²) in [5.74, 6) is 0.377. The van der Waals surface area contributed by atoms with Crippen molar-refractivity contribution in [1.29, 1.82) is 0 Å². The van der Waals surface area contributed by atoms with Crippen molar-refractivity contribution >= 4 is 28.4 Å². The van der Waals surface area contributed by atoms with E-state index >= 15 is 0 Å². The molecule has 0 aliphatic rings. The van der Waals surface area contributed by atoms with Gasteiger partial charge in [0, 0.05) is 0 Å². The zero-order valence-electron chi connectivity index (χ0n) is 7.89. The molecule has 2 aromatic rings. The smallest absolute Gasteiger partial charge is 0.137 e. The van der Waals surface area contributed by atoms with Gasteiger partial charge in [-0.25, -0.2) is 0 Å². The van der Waals surface area contributed by atoms with Crippen LogP contribution in [0.2, 0.25) is 0 Å². The van der Waals surface area contributed by atoms with Crippen LogP contribution in [0.3, 0.4) is 0 Å². The molecule has 4 nitrogen and oxygen atoms in total. The van der Waals surface area contributed by atoms with E-state index in [1.54, 1.807) is 6.07 Å². The third kappa shape index (κ3) is 1.29. The molecule has 0 radical (unpaired) electrons. The molecule has 0 fully saturated rings. The number of rotatable bonds is 2. The summed E-state index contributed by atoms with van der Waals surface area (Å²) in [6, 6.07) is 3.59. The Labute approximate surface area is 85.3 Å². The van der Waals surface area contributed by atoms with Gasteiger partial charge in [-0.1, -0.05) is 19.9 Å². The first-order valence-corrected chi connectivity index (χ1v) is 5.05. The summed E-state index contributed by atoms with van der Waals surface area (Å²) in [5.41, 5.74) is 2.91. The predicted molar refractivity (Wildman–Crippen MR) is 57.0 cm³/mol. The minimum atomic E-state index is 0.373. The third-order valence-corrected chi connectivity index (χ3v) is 2.67. The molecule has 0 aliphatic heterocycles. The first kappa shape index (κ1) is 9.21. The maximum atomic E-state index is 10.5. The molecule has 72 valence electrons. The Morgan fingerprint density at radius 1 is 1.29 bits per heavy atom. The highest BCUT2D eigenvalue weighted by Crippen LogP contribution is 2.30. The zero-order valence-corrected chi connectivity index (χ0v) is 8.71. The Bertz CT molecular complexity index is 478. The summed E-state index contributed by atoms with van der Waals surface area (Å²) in [4.78, 5) is 10.5. The summed E-state index contributed by atoms with van der Waals surface area (Å²) < 4.78 is 8.25. The number of nitrogens with zero attached hydrogens (tertiary/aromatic N) is 3. The van der Waals surface area contributed by atoms with E-state index in [1.807, 2.05) is 6.07 Å². The highest BCUT2D eigenvalue weighted by atomic mass is 32.1. The molecule has 1 aromatic carbocycles. The number of benzene rings is 1. The highest BCUT2D eigenvalue weighted by molar-refractivity contribution is 7.00. The van der Waals surface area contributed by atoms with Crippen molar-refractivity contribution in [3.05, 3.63) is 22.6 Å². The number of hydrogen-bond acceptors (Lipinski definition) is 5. The lowest BCUT2D eigenvalue weighted by molar-refractivity contribution is 0.874. The molecule has 0 amide bonds. The van der Waals surface area contributed by atoms with Gasteiger partial charge in [0.05, 0.1) is 11.7 Å². The molecule has 0 saturated heterocycles. The monoisotopic (exact) mass is 207 g/mol. The molecule has 1 heterocycles. The van der Waals surface area contributed by atoms with Crippen LogP contribution in [-0.4, -0.2) is 8.75 Å². The maximum absolute atomic E-state index is 10.5. The van der Waals surface area contributed by atoms with Crippen molar-refractivity contribution in [2.45, 2.75) is 19.8 Å². The third-order valence-electron chi connectivity index (χ3n) is 2.15. The van der Waals surface area contributed by atoms with Crippen molar-refractivity contribution in [3.8, 4) is 0 Å². The molecule has 2 rings (SSSR count). The van der Waals surface area contributed by atoms with Gasteiger partial charge in [0.2, 0.25) is 0 Å². The van der Waals surface area contributed by atoms with Crippen LogP contribution >= 0.6 is 11.7 Å². The zero-order chi connectivity index (χ0) is 10.1. The molecule has 0 N–H and O–H groups in total. The van der Waals surface area contributed by atoms with Crippen LogP contribution in [0.25, 0.3) is 11.0 Å². The van der Waals surface area contributed by atoms with E-state index < -0.39 is 0 Å². The minimum absolute atomic E-state index is 0.373. The Kier molecular flexibility index (Phi) is 2.25. The van der Waals surface area contributed by atoms with Gasteiger partial charge in [0.25, 0.3) is 0 Å². The summed E-state index contributed by atoms with van der Waals surface area (Å²) in [5, 5.41) is 2.93. The fraction of sp³-hybridized carbons (Fsp3) is 0.333. The molecular formula is C9H9N3OS. The van der Waals surface area contributed by atoms with Gasteiger partial charge in [-0.2, -0.15) is 8.75 Å². The van der Waals surface area contributed by atoms with Gasteiger partial charge in [0.15, 0.2) is 0 Å². The van der Waals surface area contributed by atoms with Gasteiger partial charge in [0.1, 0.15) is 16.7 Å². The molecule has 0 bridgehead atoms. The fourth-order valence-electron chi connectivity index (χ4n) is 1.41. The van der Waals surface area contributed by atoms with Gasteiger partial charge in [-0.15, -0.1) is 4.91 Å². The number of aromatic nitrogens is 2. The van der Waals surface area contributed by atoms with Crippen molar-refractivity contribution < 1.29 is 0 Å². The van der Waals surface area contributed by atoms with Crippen LogP contribution < -0.4 is 0 Å². The highest BCUT2D eigenvalue weighted by Gasteiger charge is 2.12. The van der Waals surface area contributed by atoms with Crippen LogP contribution in [-0.2, 0) is 0 Å². The topological polar surface area (TPSA) is 55.2 Å². The van der Waals surface area contributed by atoms with Crippen molar-refractivity contribution in [1.82, 2.24) is 8.75 Å². The molecule has 0 spiro atoms. The van der Waals surface area contributed by atoms with Crippen molar-refractivity contribution in [3.63, 3.8) is 0 Å². The Hall–Kier alpha value is -1.36. The van der Waals surface area contributed by atoms with E-state index in [2.05, 4.69) is 27.8 Å². The molecule has 0 atom stereocenters. The second-order valence-electron chi connectivity index (χ2n) is 3.38. The Morgan fingerprint density at radius 2 is 2.00 bits per heavy atom. The number of fused-ring (bicyclic) bond motifs is 1. The van der Waals surface area contributed by atoms with Crippen LogP contribution in [0.1, 0.15) is 25.3 Å². The fourth-order valence-corrected chi connectivity index (χ4v) is 1.99. The van der Waals surface area contributed by atoms with E-state index in [9.17, 15) is 4.91 Å². The first-order chi connectivity index (χ1) is 6.74. The Morgan fingerprint density at radius 3 is 2.64 bits per heavy atom. The SMILES string of the molecule is CC(C)c1ccc(N=O)c2nsnc12. The van der Waals surface area contributed by atoms with Gasteiger partial charge in [-0.05, 0) is 22.7 Å². The maximum Gasteiger partial charge on any atom is 0.137 e. The van der Waals surface area contributed by atoms with Crippen LogP contribution in [0.15, 0.2) is 17.3 Å². The Balaban J connectivity index is 2.78. The van der Waals surface area contributed by atoms with Crippen LogP contribution in [0.4, 0.5) is 5.69 Å². The lowest BCUT2D eigenvalue weighted by Crippen LogP contribution is -1.88. The standard InChI is InChI=1S/C9H9N3OS/c1-5(2)6-3-4-7(10-13)9-8(6)11-14-12-9/h3-5H,1-2H3. The molecule has 0 unspecified atom stereocenters. The van der Waals surface area contributed by atoms with Gasteiger partial charge >= 0.3 is 0 Å². The van der Waals surface area contributed by atoms with E-state index in [4.69, 9.17) is 0 Å². The molecule has 5 heteroatoms. The summed E-state index contributed by atoms with van der Waals surface area (Å²) in [6.07, 6.45) is 0. The second kappa shape index (κ2) is 3.42.